The second-order valence-electron chi connectivity index (χ2n) is 5.14. The summed E-state index contributed by atoms with van der Waals surface area (Å²) in [4.78, 5) is 13.3. The zero-order valence-electron chi connectivity index (χ0n) is 12.8. The van der Waals surface area contributed by atoms with Crippen LogP contribution in [0.5, 0.6) is 0 Å². The molecule has 0 aliphatic heterocycles. The number of anilines is 2. The molecule has 0 saturated heterocycles. The standard InChI is InChI=1S/C15H25N3O2/c1-5-10-16-13-8-7-9-14(15(13)18(19)20)17(11-6-2)12(3)4/h7-9,12,16H,5-6,10-11H2,1-4H3. The summed E-state index contributed by atoms with van der Waals surface area (Å²) in [5.74, 6) is 0. The van der Waals surface area contributed by atoms with Crippen LogP contribution in [0.4, 0.5) is 17.1 Å². The highest BCUT2D eigenvalue weighted by atomic mass is 16.6. The Kier molecular flexibility index (Phi) is 6.28. The number of rotatable bonds is 8. The van der Waals surface area contributed by atoms with Gasteiger partial charge in [0.2, 0.25) is 0 Å². The van der Waals surface area contributed by atoms with Gasteiger partial charge in [-0.25, -0.2) is 0 Å². The normalized spacial score (nSPS) is 10.7. The molecule has 0 aromatic heterocycles. The molecule has 0 unspecified atom stereocenters. The maximum absolute atomic E-state index is 11.5. The van der Waals surface area contributed by atoms with Crippen LogP contribution in [0.15, 0.2) is 18.2 Å². The van der Waals surface area contributed by atoms with Crippen LogP contribution in [0.3, 0.4) is 0 Å². The van der Waals surface area contributed by atoms with Gasteiger partial charge >= 0.3 is 5.69 Å². The predicted octanol–water partition coefficient (Wildman–Crippen LogP) is 4.04. The fraction of sp³-hybridized carbons (Fsp3) is 0.600. The van der Waals surface area contributed by atoms with E-state index in [1.165, 1.54) is 0 Å². The van der Waals surface area contributed by atoms with E-state index in [0.29, 0.717) is 11.4 Å². The Labute approximate surface area is 121 Å². The van der Waals surface area contributed by atoms with Gasteiger partial charge in [0.25, 0.3) is 0 Å². The van der Waals surface area contributed by atoms with E-state index < -0.39 is 0 Å². The minimum absolute atomic E-state index is 0.183. The van der Waals surface area contributed by atoms with Crippen LogP contribution in [-0.4, -0.2) is 24.1 Å². The lowest BCUT2D eigenvalue weighted by atomic mass is 10.1. The Morgan fingerprint density at radius 2 is 2.00 bits per heavy atom. The molecule has 0 heterocycles. The molecule has 1 N–H and O–H groups in total. The van der Waals surface area contributed by atoms with Crippen LogP contribution in [0.2, 0.25) is 0 Å². The second-order valence-corrected chi connectivity index (χ2v) is 5.14. The highest BCUT2D eigenvalue weighted by Gasteiger charge is 2.24. The average molecular weight is 279 g/mol. The van der Waals surface area contributed by atoms with Gasteiger partial charge in [-0.1, -0.05) is 19.9 Å². The first-order chi connectivity index (χ1) is 9.52. The van der Waals surface area contributed by atoms with Crippen molar-refractivity contribution in [2.75, 3.05) is 23.3 Å². The van der Waals surface area contributed by atoms with Crippen molar-refractivity contribution in [3.63, 3.8) is 0 Å². The molecule has 5 heteroatoms. The first-order valence-electron chi connectivity index (χ1n) is 7.30. The van der Waals surface area contributed by atoms with Crippen molar-refractivity contribution in [1.29, 1.82) is 0 Å². The quantitative estimate of drug-likeness (QED) is 0.576. The Morgan fingerprint density at radius 1 is 1.30 bits per heavy atom. The van der Waals surface area contributed by atoms with Gasteiger partial charge in [-0.3, -0.25) is 10.1 Å². The summed E-state index contributed by atoms with van der Waals surface area (Å²) in [5.41, 5.74) is 1.49. The van der Waals surface area contributed by atoms with Gasteiger partial charge in [0.1, 0.15) is 11.4 Å². The van der Waals surface area contributed by atoms with E-state index in [0.717, 1.165) is 25.9 Å². The minimum atomic E-state index is -0.279. The number of hydrogen-bond donors (Lipinski definition) is 1. The molecule has 1 aromatic carbocycles. The van der Waals surface area contributed by atoms with Crippen LogP contribution < -0.4 is 10.2 Å². The van der Waals surface area contributed by atoms with Crippen LogP contribution >= 0.6 is 0 Å². The van der Waals surface area contributed by atoms with Crippen molar-refractivity contribution in [1.82, 2.24) is 0 Å². The molecule has 0 aliphatic carbocycles. The van der Waals surface area contributed by atoms with Gasteiger partial charge in [-0.15, -0.1) is 0 Å². The zero-order valence-corrected chi connectivity index (χ0v) is 12.8. The molecule has 0 fully saturated rings. The van der Waals surface area contributed by atoms with Crippen molar-refractivity contribution in [3.05, 3.63) is 28.3 Å². The molecule has 5 nitrogen and oxygen atoms in total. The molecule has 1 aromatic rings. The van der Waals surface area contributed by atoms with Crippen LogP contribution in [0.25, 0.3) is 0 Å². The summed E-state index contributed by atoms with van der Waals surface area (Å²) in [5, 5.41) is 14.6. The fourth-order valence-electron chi connectivity index (χ4n) is 2.26. The molecule has 0 saturated carbocycles. The highest BCUT2D eigenvalue weighted by molar-refractivity contribution is 5.77. The van der Waals surface area contributed by atoms with E-state index in [9.17, 15) is 10.1 Å². The first-order valence-corrected chi connectivity index (χ1v) is 7.30. The predicted molar refractivity (Wildman–Crippen MR) is 84.7 cm³/mol. The molecule has 0 amide bonds. The fourth-order valence-corrected chi connectivity index (χ4v) is 2.26. The average Bonchev–Trinajstić information content (AvgIpc) is 2.41. The van der Waals surface area contributed by atoms with Crippen LogP contribution in [0.1, 0.15) is 40.5 Å². The third-order valence-corrected chi connectivity index (χ3v) is 3.16. The maximum Gasteiger partial charge on any atom is 0.315 e. The van der Waals surface area contributed by atoms with E-state index >= 15 is 0 Å². The van der Waals surface area contributed by atoms with E-state index in [4.69, 9.17) is 0 Å². The number of hydrogen-bond acceptors (Lipinski definition) is 4. The summed E-state index contributed by atoms with van der Waals surface area (Å²) >= 11 is 0. The van der Waals surface area contributed by atoms with Gasteiger partial charge in [0.05, 0.1) is 4.92 Å². The Balaban J connectivity index is 3.26. The van der Waals surface area contributed by atoms with Crippen molar-refractivity contribution in [2.24, 2.45) is 0 Å². The molecule has 0 radical (unpaired) electrons. The summed E-state index contributed by atoms with van der Waals surface area (Å²) in [7, 11) is 0. The topological polar surface area (TPSA) is 58.4 Å². The monoisotopic (exact) mass is 279 g/mol. The third kappa shape index (κ3) is 3.85. The minimum Gasteiger partial charge on any atom is -0.379 e. The van der Waals surface area contributed by atoms with Crippen molar-refractivity contribution >= 4 is 17.1 Å². The molecule has 0 bridgehead atoms. The van der Waals surface area contributed by atoms with Crippen molar-refractivity contribution < 1.29 is 4.92 Å². The van der Waals surface area contributed by atoms with Gasteiger partial charge in [-0.05, 0) is 38.8 Å². The van der Waals surface area contributed by atoms with Gasteiger partial charge < -0.3 is 10.2 Å². The summed E-state index contributed by atoms with van der Waals surface area (Å²) < 4.78 is 0. The Morgan fingerprint density at radius 3 is 2.50 bits per heavy atom. The van der Waals surface area contributed by atoms with E-state index in [1.807, 2.05) is 19.1 Å². The summed E-state index contributed by atoms with van der Waals surface area (Å²) in [6, 6.07) is 5.73. The Hall–Kier alpha value is -1.78. The maximum atomic E-state index is 11.5. The van der Waals surface area contributed by atoms with E-state index in [-0.39, 0.29) is 16.7 Å². The van der Waals surface area contributed by atoms with E-state index in [1.54, 1.807) is 6.07 Å². The largest absolute Gasteiger partial charge is 0.379 e. The number of benzene rings is 1. The molecule has 0 spiro atoms. The smallest absolute Gasteiger partial charge is 0.315 e. The molecular formula is C15H25N3O2. The lowest BCUT2D eigenvalue weighted by Gasteiger charge is -2.28. The van der Waals surface area contributed by atoms with E-state index in [2.05, 4.69) is 31.0 Å². The molecule has 0 aliphatic rings. The lowest BCUT2D eigenvalue weighted by molar-refractivity contribution is -0.383. The molecule has 1 rings (SSSR count). The lowest BCUT2D eigenvalue weighted by Crippen LogP contribution is -2.32. The van der Waals surface area contributed by atoms with Crippen LogP contribution in [0, 0.1) is 10.1 Å². The number of nitro groups is 1. The third-order valence-electron chi connectivity index (χ3n) is 3.16. The second kappa shape index (κ2) is 7.72. The zero-order chi connectivity index (χ0) is 15.1. The van der Waals surface area contributed by atoms with Gasteiger partial charge in [0.15, 0.2) is 0 Å². The first kappa shape index (κ1) is 16.3. The van der Waals surface area contributed by atoms with Gasteiger partial charge in [0, 0.05) is 19.1 Å². The summed E-state index contributed by atoms with van der Waals surface area (Å²) in [6.45, 7) is 9.80. The number of nitro benzene ring substituents is 1. The van der Waals surface area contributed by atoms with Crippen molar-refractivity contribution in [2.45, 2.75) is 46.6 Å². The summed E-state index contributed by atoms with van der Waals surface area (Å²) in [6.07, 6.45) is 1.90. The molecule has 0 atom stereocenters. The number of para-hydroxylation sites is 1. The molecule has 20 heavy (non-hydrogen) atoms. The Bertz CT molecular complexity index is 447. The van der Waals surface area contributed by atoms with Gasteiger partial charge in [-0.2, -0.15) is 0 Å². The number of nitrogens with zero attached hydrogens (tertiary/aromatic N) is 2. The molecular weight excluding hydrogens is 254 g/mol. The van der Waals surface area contributed by atoms with Crippen LogP contribution in [-0.2, 0) is 0 Å². The number of nitrogens with one attached hydrogen (secondary N) is 1. The molecule has 112 valence electrons. The highest BCUT2D eigenvalue weighted by Crippen LogP contribution is 2.36. The van der Waals surface area contributed by atoms with Crippen molar-refractivity contribution in [3.8, 4) is 0 Å². The SMILES string of the molecule is CCCNc1cccc(N(CCC)C(C)C)c1[N+](=O)[O-].